The Hall–Kier alpha value is -1.05. The molecule has 0 bridgehead atoms. The topological polar surface area (TPSA) is 69.6 Å². The van der Waals surface area contributed by atoms with Crippen LogP contribution in [0.5, 0.6) is 5.75 Å². The number of nitrogens with one attached hydrogen (secondary N) is 1. The van der Waals surface area contributed by atoms with Crippen LogP contribution in [0.4, 0.5) is 10.1 Å². The van der Waals surface area contributed by atoms with Crippen LogP contribution < -0.4 is 4.72 Å². The Morgan fingerprint density at radius 1 is 1.44 bits per heavy atom. The first-order valence-electron chi connectivity index (χ1n) is 5.09. The predicted molar refractivity (Wildman–Crippen MR) is 68.5 cm³/mol. The van der Waals surface area contributed by atoms with Crippen molar-refractivity contribution in [3.63, 3.8) is 0 Å². The number of aromatic hydroxyl groups is 1. The fourth-order valence-corrected chi connectivity index (χ4v) is 2.41. The molecular weight excluding hydrogens is 283 g/mol. The van der Waals surface area contributed by atoms with Gasteiger partial charge in [0.1, 0.15) is 11.6 Å². The molecule has 0 aliphatic carbocycles. The summed E-state index contributed by atoms with van der Waals surface area (Å²) in [5.41, 5.74) is -0.172. The molecule has 1 rings (SSSR count). The van der Waals surface area contributed by atoms with Gasteiger partial charge in [-0.3, -0.25) is 4.72 Å². The fraction of sp³-hybridized carbons (Fsp3) is 0.400. The first-order chi connectivity index (χ1) is 8.15. The van der Waals surface area contributed by atoms with E-state index in [-0.39, 0.29) is 16.8 Å². The number of hydrogen-bond acceptors (Lipinski definition) is 3. The Balaban J connectivity index is 3.09. The molecule has 0 saturated heterocycles. The highest BCUT2D eigenvalue weighted by Gasteiger charge is 2.22. The summed E-state index contributed by atoms with van der Waals surface area (Å²) >= 11 is 5.52. The van der Waals surface area contributed by atoms with Crippen LogP contribution in [0.2, 0.25) is 5.02 Å². The molecule has 1 aromatic rings. The zero-order valence-electron chi connectivity index (χ0n) is 10.1. The minimum absolute atomic E-state index is 0.172. The minimum Gasteiger partial charge on any atom is -0.506 e. The maximum absolute atomic E-state index is 13.0. The standard InChI is InChI=1S/C10H14ClFN2O3S/c1-6(2)14(3)18(16,17)13-9-4-7(11)8(12)5-10(9)15/h4-6,13,15H,1-3H3. The van der Waals surface area contributed by atoms with E-state index in [1.165, 1.54) is 7.05 Å². The van der Waals surface area contributed by atoms with E-state index in [9.17, 15) is 17.9 Å². The maximum atomic E-state index is 13.0. The molecule has 18 heavy (non-hydrogen) atoms. The highest BCUT2D eigenvalue weighted by atomic mass is 35.5. The lowest BCUT2D eigenvalue weighted by Crippen LogP contribution is -2.37. The van der Waals surface area contributed by atoms with Crippen molar-refractivity contribution in [1.82, 2.24) is 4.31 Å². The highest BCUT2D eigenvalue weighted by molar-refractivity contribution is 7.90. The van der Waals surface area contributed by atoms with Gasteiger partial charge in [0.25, 0.3) is 0 Å². The molecule has 0 amide bonds. The van der Waals surface area contributed by atoms with E-state index >= 15 is 0 Å². The van der Waals surface area contributed by atoms with E-state index in [0.717, 1.165) is 16.4 Å². The van der Waals surface area contributed by atoms with Gasteiger partial charge in [-0.2, -0.15) is 12.7 Å². The van der Waals surface area contributed by atoms with Crippen molar-refractivity contribution in [3.05, 3.63) is 23.0 Å². The Bertz CT molecular complexity index is 548. The average molecular weight is 297 g/mol. The van der Waals surface area contributed by atoms with Gasteiger partial charge in [-0.1, -0.05) is 11.6 Å². The van der Waals surface area contributed by atoms with Crippen LogP contribution in [0.3, 0.4) is 0 Å². The molecular formula is C10H14ClFN2O3S. The Kier molecular flexibility index (Phi) is 4.41. The summed E-state index contributed by atoms with van der Waals surface area (Å²) in [5.74, 6) is -1.35. The van der Waals surface area contributed by atoms with Crippen LogP contribution in [-0.2, 0) is 10.2 Å². The highest BCUT2D eigenvalue weighted by Crippen LogP contribution is 2.30. The van der Waals surface area contributed by atoms with Crippen molar-refractivity contribution in [3.8, 4) is 5.75 Å². The van der Waals surface area contributed by atoms with Crippen LogP contribution in [0.15, 0.2) is 12.1 Å². The summed E-state index contributed by atoms with van der Waals surface area (Å²) in [6, 6.07) is 1.49. The average Bonchev–Trinajstić information content (AvgIpc) is 2.24. The number of anilines is 1. The van der Waals surface area contributed by atoms with Crippen LogP contribution in [0, 0.1) is 5.82 Å². The number of phenols is 1. The van der Waals surface area contributed by atoms with E-state index in [2.05, 4.69) is 4.72 Å². The second kappa shape index (κ2) is 5.29. The number of rotatable bonds is 4. The second-order valence-electron chi connectivity index (χ2n) is 4.00. The van der Waals surface area contributed by atoms with Crippen LogP contribution >= 0.6 is 11.6 Å². The number of hydrogen-bond donors (Lipinski definition) is 2. The lowest BCUT2D eigenvalue weighted by Gasteiger charge is -2.22. The van der Waals surface area contributed by atoms with E-state index in [0.29, 0.717) is 0 Å². The van der Waals surface area contributed by atoms with Gasteiger partial charge < -0.3 is 5.11 Å². The van der Waals surface area contributed by atoms with E-state index in [4.69, 9.17) is 11.6 Å². The number of phenolic OH excluding ortho intramolecular Hbond substituents is 1. The molecule has 0 spiro atoms. The minimum atomic E-state index is -3.82. The number of halogens is 2. The summed E-state index contributed by atoms with van der Waals surface area (Å²) in [5, 5.41) is 9.18. The van der Waals surface area contributed by atoms with Gasteiger partial charge in [0.15, 0.2) is 0 Å². The van der Waals surface area contributed by atoms with Gasteiger partial charge in [-0.25, -0.2) is 4.39 Å². The van der Waals surface area contributed by atoms with Gasteiger partial charge in [0.2, 0.25) is 0 Å². The summed E-state index contributed by atoms with van der Waals surface area (Å²) < 4.78 is 39.9. The van der Waals surface area contributed by atoms with E-state index in [1.807, 2.05) is 0 Å². The van der Waals surface area contributed by atoms with Crippen molar-refractivity contribution in [2.75, 3.05) is 11.8 Å². The quantitative estimate of drug-likeness (QED) is 0.837. The Morgan fingerprint density at radius 3 is 2.50 bits per heavy atom. The molecule has 0 atom stereocenters. The van der Waals surface area contributed by atoms with Gasteiger partial charge in [-0.05, 0) is 19.9 Å². The zero-order valence-corrected chi connectivity index (χ0v) is 11.7. The third kappa shape index (κ3) is 3.24. The monoisotopic (exact) mass is 296 g/mol. The molecule has 5 nitrogen and oxygen atoms in total. The van der Waals surface area contributed by atoms with Crippen molar-refractivity contribution in [2.45, 2.75) is 19.9 Å². The molecule has 0 heterocycles. The molecule has 0 unspecified atom stereocenters. The van der Waals surface area contributed by atoms with Crippen molar-refractivity contribution < 1.29 is 17.9 Å². The molecule has 0 aliphatic rings. The zero-order chi connectivity index (χ0) is 14.1. The van der Waals surface area contributed by atoms with Crippen LogP contribution in [-0.4, -0.2) is 30.9 Å². The lowest BCUT2D eigenvalue weighted by atomic mass is 10.3. The molecule has 8 heteroatoms. The molecule has 0 aromatic heterocycles. The Morgan fingerprint density at radius 2 is 2.00 bits per heavy atom. The van der Waals surface area contributed by atoms with Gasteiger partial charge >= 0.3 is 10.2 Å². The van der Waals surface area contributed by atoms with E-state index < -0.39 is 21.8 Å². The van der Waals surface area contributed by atoms with Crippen LogP contribution in [0.25, 0.3) is 0 Å². The summed E-state index contributed by atoms with van der Waals surface area (Å²) in [4.78, 5) is 0. The predicted octanol–water partition coefficient (Wildman–Crippen LogP) is 2.18. The molecule has 1 aromatic carbocycles. The van der Waals surface area contributed by atoms with Crippen molar-refractivity contribution in [2.24, 2.45) is 0 Å². The van der Waals surface area contributed by atoms with Gasteiger partial charge in [0.05, 0.1) is 10.7 Å². The third-order valence-corrected chi connectivity index (χ3v) is 4.33. The first-order valence-corrected chi connectivity index (χ1v) is 6.90. The largest absolute Gasteiger partial charge is 0.506 e. The second-order valence-corrected chi connectivity index (χ2v) is 6.14. The molecule has 102 valence electrons. The van der Waals surface area contributed by atoms with Crippen molar-refractivity contribution in [1.29, 1.82) is 0 Å². The molecule has 0 aliphatic heterocycles. The van der Waals surface area contributed by atoms with Gasteiger partial charge in [0, 0.05) is 19.2 Å². The maximum Gasteiger partial charge on any atom is 0.301 e. The first kappa shape index (κ1) is 15.0. The molecule has 2 N–H and O–H groups in total. The smallest absolute Gasteiger partial charge is 0.301 e. The Labute approximate surface area is 110 Å². The fourth-order valence-electron chi connectivity index (χ4n) is 1.11. The molecule has 0 saturated carbocycles. The lowest BCUT2D eigenvalue weighted by molar-refractivity contribution is 0.413. The normalized spacial score (nSPS) is 12.2. The van der Waals surface area contributed by atoms with Gasteiger partial charge in [-0.15, -0.1) is 0 Å². The summed E-state index contributed by atoms with van der Waals surface area (Å²) in [7, 11) is -2.44. The third-order valence-electron chi connectivity index (χ3n) is 2.38. The van der Waals surface area contributed by atoms with E-state index in [1.54, 1.807) is 13.8 Å². The summed E-state index contributed by atoms with van der Waals surface area (Å²) in [6.07, 6.45) is 0. The molecule has 0 fully saturated rings. The number of nitrogens with zero attached hydrogens (tertiary/aromatic N) is 1. The van der Waals surface area contributed by atoms with Crippen LogP contribution in [0.1, 0.15) is 13.8 Å². The SMILES string of the molecule is CC(C)N(C)S(=O)(=O)Nc1cc(Cl)c(F)cc1O. The molecule has 0 radical (unpaired) electrons. The number of benzene rings is 1. The van der Waals surface area contributed by atoms with Crippen molar-refractivity contribution >= 4 is 27.5 Å². The summed E-state index contributed by atoms with van der Waals surface area (Å²) in [6.45, 7) is 3.38.